The SMILES string of the molecule is COCc1c(C(=O)NCc2cc(Br)ccc2OC)sc2cccc(F)c12. The maximum atomic E-state index is 14.2. The number of thiophene rings is 1. The quantitative estimate of drug-likeness (QED) is 0.597. The van der Waals surface area contributed by atoms with Crippen LogP contribution in [0.5, 0.6) is 5.75 Å². The molecule has 2 aromatic carbocycles. The fourth-order valence-corrected chi connectivity index (χ4v) is 4.32. The molecule has 1 heterocycles. The van der Waals surface area contributed by atoms with Crippen molar-refractivity contribution in [3.63, 3.8) is 0 Å². The van der Waals surface area contributed by atoms with Crippen LogP contribution in [0.4, 0.5) is 4.39 Å². The lowest BCUT2D eigenvalue weighted by atomic mass is 10.1. The number of methoxy groups -OCH3 is 2. The van der Waals surface area contributed by atoms with Crippen LogP contribution in [0.1, 0.15) is 20.8 Å². The Morgan fingerprint density at radius 1 is 1.27 bits per heavy atom. The molecule has 4 nitrogen and oxygen atoms in total. The van der Waals surface area contributed by atoms with Gasteiger partial charge in [0.25, 0.3) is 5.91 Å². The minimum absolute atomic E-state index is 0.171. The van der Waals surface area contributed by atoms with Gasteiger partial charge in [0.2, 0.25) is 0 Å². The summed E-state index contributed by atoms with van der Waals surface area (Å²) in [7, 11) is 3.11. The first-order valence-electron chi connectivity index (χ1n) is 7.84. The third-order valence-corrected chi connectivity index (χ3v) is 5.63. The topological polar surface area (TPSA) is 47.6 Å². The molecule has 0 spiro atoms. The van der Waals surface area contributed by atoms with Gasteiger partial charge in [0, 0.05) is 39.3 Å². The molecule has 1 amide bonds. The first-order valence-corrected chi connectivity index (χ1v) is 9.45. The summed E-state index contributed by atoms with van der Waals surface area (Å²) in [6, 6.07) is 10.4. The molecule has 1 aromatic heterocycles. The Labute approximate surface area is 163 Å². The molecule has 0 aliphatic heterocycles. The fraction of sp³-hybridized carbons (Fsp3) is 0.211. The lowest BCUT2D eigenvalue weighted by Gasteiger charge is -2.10. The smallest absolute Gasteiger partial charge is 0.262 e. The highest BCUT2D eigenvalue weighted by molar-refractivity contribution is 9.10. The van der Waals surface area contributed by atoms with Crippen LogP contribution in [0.3, 0.4) is 0 Å². The fourth-order valence-electron chi connectivity index (χ4n) is 2.77. The molecule has 0 radical (unpaired) electrons. The standard InChI is InChI=1S/C19H17BrFNO3S/c1-24-10-13-17-14(21)4-3-5-16(17)26-18(13)19(23)22-9-11-8-12(20)6-7-15(11)25-2/h3-8H,9-10H2,1-2H3,(H,22,23). The average molecular weight is 438 g/mol. The summed E-state index contributed by atoms with van der Waals surface area (Å²) in [4.78, 5) is 13.2. The molecular weight excluding hydrogens is 421 g/mol. The molecule has 0 atom stereocenters. The largest absolute Gasteiger partial charge is 0.496 e. The normalized spacial score (nSPS) is 10.9. The van der Waals surface area contributed by atoms with Crippen molar-refractivity contribution in [1.82, 2.24) is 5.32 Å². The van der Waals surface area contributed by atoms with Crippen LogP contribution < -0.4 is 10.1 Å². The third kappa shape index (κ3) is 3.75. The lowest BCUT2D eigenvalue weighted by molar-refractivity contribution is 0.0950. The predicted molar refractivity (Wildman–Crippen MR) is 104 cm³/mol. The van der Waals surface area contributed by atoms with Gasteiger partial charge in [0.15, 0.2) is 0 Å². The van der Waals surface area contributed by atoms with Crippen LogP contribution in [0, 0.1) is 5.82 Å². The molecular formula is C19H17BrFNO3S. The molecule has 7 heteroatoms. The monoisotopic (exact) mass is 437 g/mol. The van der Waals surface area contributed by atoms with Gasteiger partial charge in [-0.3, -0.25) is 4.79 Å². The molecule has 26 heavy (non-hydrogen) atoms. The van der Waals surface area contributed by atoms with Gasteiger partial charge in [0.1, 0.15) is 11.6 Å². The van der Waals surface area contributed by atoms with Crippen molar-refractivity contribution in [1.29, 1.82) is 0 Å². The van der Waals surface area contributed by atoms with Gasteiger partial charge in [-0.1, -0.05) is 22.0 Å². The number of halogens is 2. The lowest BCUT2D eigenvalue weighted by Crippen LogP contribution is -2.23. The molecule has 0 unspecified atom stereocenters. The zero-order valence-corrected chi connectivity index (χ0v) is 16.7. The molecule has 0 aliphatic carbocycles. The van der Waals surface area contributed by atoms with Crippen molar-refractivity contribution in [3.05, 3.63) is 62.7 Å². The van der Waals surface area contributed by atoms with Crippen molar-refractivity contribution in [2.75, 3.05) is 14.2 Å². The van der Waals surface area contributed by atoms with Crippen molar-refractivity contribution in [2.24, 2.45) is 0 Å². The maximum absolute atomic E-state index is 14.2. The summed E-state index contributed by atoms with van der Waals surface area (Å²) in [5, 5.41) is 3.34. The van der Waals surface area contributed by atoms with E-state index in [1.54, 1.807) is 19.2 Å². The number of hydrogen-bond acceptors (Lipinski definition) is 4. The third-order valence-electron chi connectivity index (χ3n) is 3.94. The highest BCUT2D eigenvalue weighted by Gasteiger charge is 2.20. The van der Waals surface area contributed by atoms with E-state index in [-0.39, 0.29) is 18.3 Å². The van der Waals surface area contributed by atoms with E-state index in [0.29, 0.717) is 28.1 Å². The van der Waals surface area contributed by atoms with Crippen LogP contribution in [-0.4, -0.2) is 20.1 Å². The van der Waals surface area contributed by atoms with Crippen molar-refractivity contribution in [2.45, 2.75) is 13.2 Å². The molecule has 3 aromatic rings. The zero-order chi connectivity index (χ0) is 18.7. The number of amides is 1. The minimum Gasteiger partial charge on any atom is -0.496 e. The molecule has 3 rings (SSSR count). The van der Waals surface area contributed by atoms with Gasteiger partial charge < -0.3 is 14.8 Å². The van der Waals surface area contributed by atoms with Crippen LogP contribution >= 0.6 is 27.3 Å². The van der Waals surface area contributed by atoms with Gasteiger partial charge in [-0.05, 0) is 30.3 Å². The molecule has 1 N–H and O–H groups in total. The number of benzene rings is 2. The Hall–Kier alpha value is -1.96. The Morgan fingerprint density at radius 2 is 2.08 bits per heavy atom. The maximum Gasteiger partial charge on any atom is 0.262 e. The summed E-state index contributed by atoms with van der Waals surface area (Å²) in [5.74, 6) is 0.0752. The van der Waals surface area contributed by atoms with Crippen LogP contribution in [0.2, 0.25) is 0 Å². The zero-order valence-electron chi connectivity index (χ0n) is 14.3. The number of nitrogens with one attached hydrogen (secondary N) is 1. The number of fused-ring (bicyclic) bond motifs is 1. The van der Waals surface area contributed by atoms with E-state index in [0.717, 1.165) is 14.7 Å². The highest BCUT2D eigenvalue weighted by atomic mass is 79.9. The Kier molecular flexibility index (Phi) is 5.90. The van der Waals surface area contributed by atoms with Crippen molar-refractivity contribution < 1.29 is 18.7 Å². The van der Waals surface area contributed by atoms with Gasteiger partial charge in [-0.25, -0.2) is 4.39 Å². The average Bonchev–Trinajstić information content (AvgIpc) is 3.00. The number of ether oxygens (including phenoxy) is 2. The molecule has 0 saturated carbocycles. The second kappa shape index (κ2) is 8.16. The van der Waals surface area contributed by atoms with E-state index in [4.69, 9.17) is 9.47 Å². The first kappa shape index (κ1) is 18.8. The minimum atomic E-state index is -0.349. The number of carbonyl (C=O) groups is 1. The second-order valence-electron chi connectivity index (χ2n) is 5.59. The van der Waals surface area contributed by atoms with Crippen molar-refractivity contribution >= 4 is 43.3 Å². The van der Waals surface area contributed by atoms with Crippen molar-refractivity contribution in [3.8, 4) is 5.75 Å². The Morgan fingerprint density at radius 3 is 2.81 bits per heavy atom. The molecule has 0 aliphatic rings. The summed E-state index contributed by atoms with van der Waals surface area (Å²) < 4.78 is 26.4. The summed E-state index contributed by atoms with van der Waals surface area (Å²) in [6.07, 6.45) is 0. The van der Waals surface area contributed by atoms with E-state index < -0.39 is 0 Å². The van der Waals surface area contributed by atoms with Crippen LogP contribution in [-0.2, 0) is 17.9 Å². The molecule has 136 valence electrons. The van der Waals surface area contributed by atoms with Gasteiger partial charge in [-0.15, -0.1) is 11.3 Å². The summed E-state index contributed by atoms with van der Waals surface area (Å²) in [5.41, 5.74) is 1.42. The van der Waals surface area contributed by atoms with E-state index in [9.17, 15) is 9.18 Å². The van der Waals surface area contributed by atoms with E-state index in [1.165, 1.54) is 24.5 Å². The Balaban J connectivity index is 1.90. The number of hydrogen-bond donors (Lipinski definition) is 1. The van der Waals surface area contributed by atoms with Gasteiger partial charge in [0.05, 0.1) is 18.6 Å². The van der Waals surface area contributed by atoms with Gasteiger partial charge >= 0.3 is 0 Å². The molecule has 0 bridgehead atoms. The van der Waals surface area contributed by atoms with E-state index in [1.807, 2.05) is 18.2 Å². The van der Waals surface area contributed by atoms with Gasteiger partial charge in [-0.2, -0.15) is 0 Å². The molecule has 0 fully saturated rings. The predicted octanol–water partition coefficient (Wildman–Crippen LogP) is 4.89. The summed E-state index contributed by atoms with van der Waals surface area (Å²) >= 11 is 4.68. The van der Waals surface area contributed by atoms with E-state index >= 15 is 0 Å². The number of rotatable bonds is 6. The van der Waals surface area contributed by atoms with E-state index in [2.05, 4.69) is 21.2 Å². The Bertz CT molecular complexity index is 957. The van der Waals surface area contributed by atoms with Crippen LogP contribution in [0.15, 0.2) is 40.9 Å². The highest BCUT2D eigenvalue weighted by Crippen LogP contribution is 2.34. The first-order chi connectivity index (χ1) is 12.5. The number of carbonyl (C=O) groups excluding carboxylic acids is 1. The molecule has 0 saturated heterocycles. The summed E-state index contributed by atoms with van der Waals surface area (Å²) in [6.45, 7) is 0.467. The second-order valence-corrected chi connectivity index (χ2v) is 7.56. The van der Waals surface area contributed by atoms with Crippen LogP contribution in [0.25, 0.3) is 10.1 Å².